The Hall–Kier alpha value is -0.800. The molecule has 0 saturated heterocycles. The fraction of sp³-hybridized carbons (Fsp3) is 0.600. The molecule has 13 heavy (non-hydrogen) atoms. The van der Waals surface area contributed by atoms with E-state index in [1.165, 1.54) is 5.69 Å². The summed E-state index contributed by atoms with van der Waals surface area (Å²) < 4.78 is 0. The summed E-state index contributed by atoms with van der Waals surface area (Å²) in [6.07, 6.45) is 4.95. The molecule has 0 amide bonds. The van der Waals surface area contributed by atoms with Crippen LogP contribution in [0.2, 0.25) is 0 Å². The molecule has 0 aliphatic rings. The fourth-order valence-electron chi connectivity index (χ4n) is 1.23. The van der Waals surface area contributed by atoms with E-state index in [-0.39, 0.29) is 0 Å². The Morgan fingerprint density at radius 3 is 2.92 bits per heavy atom. The van der Waals surface area contributed by atoms with Gasteiger partial charge in [0.1, 0.15) is 0 Å². The van der Waals surface area contributed by atoms with Gasteiger partial charge < -0.3 is 15.4 Å². The average Bonchev–Trinajstić information content (AvgIpc) is 2.63. The molecule has 3 nitrogen and oxygen atoms in total. The third kappa shape index (κ3) is 4.70. The Morgan fingerprint density at radius 2 is 2.23 bits per heavy atom. The van der Waals surface area contributed by atoms with E-state index in [2.05, 4.69) is 16.4 Å². The lowest BCUT2D eigenvalue weighted by Crippen LogP contribution is -2.18. The number of aromatic nitrogens is 1. The number of hydrogen-bond acceptors (Lipinski definition) is 2. The SMILES string of the molecule is OCCCCNCCc1ccc[nH]1. The largest absolute Gasteiger partial charge is 0.396 e. The summed E-state index contributed by atoms with van der Waals surface area (Å²) >= 11 is 0. The highest BCUT2D eigenvalue weighted by Gasteiger charge is 1.91. The third-order valence-corrected chi connectivity index (χ3v) is 2.00. The second kappa shape index (κ2) is 6.69. The zero-order valence-electron chi connectivity index (χ0n) is 7.92. The summed E-state index contributed by atoms with van der Waals surface area (Å²) in [7, 11) is 0. The molecule has 0 spiro atoms. The van der Waals surface area contributed by atoms with Gasteiger partial charge in [-0.1, -0.05) is 0 Å². The van der Waals surface area contributed by atoms with Crippen molar-refractivity contribution in [1.82, 2.24) is 10.3 Å². The van der Waals surface area contributed by atoms with Gasteiger partial charge >= 0.3 is 0 Å². The van der Waals surface area contributed by atoms with Gasteiger partial charge in [-0.3, -0.25) is 0 Å². The van der Waals surface area contributed by atoms with Gasteiger partial charge in [0, 0.05) is 25.0 Å². The molecule has 1 aromatic rings. The van der Waals surface area contributed by atoms with E-state index in [1.807, 2.05) is 12.3 Å². The maximum Gasteiger partial charge on any atom is 0.0431 e. The molecule has 1 aromatic heterocycles. The van der Waals surface area contributed by atoms with Crippen molar-refractivity contribution in [3.8, 4) is 0 Å². The van der Waals surface area contributed by atoms with E-state index in [0.717, 1.165) is 32.4 Å². The maximum absolute atomic E-state index is 8.54. The predicted octanol–water partition coefficient (Wildman–Crippen LogP) is 0.919. The van der Waals surface area contributed by atoms with Crippen LogP contribution in [0.1, 0.15) is 18.5 Å². The van der Waals surface area contributed by atoms with Crippen molar-refractivity contribution < 1.29 is 5.11 Å². The molecule has 3 N–H and O–H groups in total. The lowest BCUT2D eigenvalue weighted by molar-refractivity contribution is 0.284. The minimum atomic E-state index is 0.304. The monoisotopic (exact) mass is 182 g/mol. The standard InChI is InChI=1S/C10H18N2O/c13-9-2-1-6-11-8-5-10-4-3-7-12-10/h3-4,7,11-13H,1-2,5-6,8-9H2. The van der Waals surface area contributed by atoms with Gasteiger partial charge in [-0.05, 0) is 37.9 Å². The van der Waals surface area contributed by atoms with Crippen molar-refractivity contribution in [3.63, 3.8) is 0 Å². The van der Waals surface area contributed by atoms with E-state index >= 15 is 0 Å². The van der Waals surface area contributed by atoms with Gasteiger partial charge in [0.2, 0.25) is 0 Å². The molecule has 0 aromatic carbocycles. The minimum absolute atomic E-state index is 0.304. The Morgan fingerprint density at radius 1 is 1.31 bits per heavy atom. The molecule has 0 fully saturated rings. The zero-order valence-corrected chi connectivity index (χ0v) is 7.92. The van der Waals surface area contributed by atoms with Gasteiger partial charge in [0.25, 0.3) is 0 Å². The summed E-state index contributed by atoms with van der Waals surface area (Å²) in [5.74, 6) is 0. The fourth-order valence-corrected chi connectivity index (χ4v) is 1.23. The molecular weight excluding hydrogens is 164 g/mol. The molecule has 0 unspecified atom stereocenters. The normalized spacial score (nSPS) is 10.5. The number of rotatable bonds is 7. The molecule has 3 heteroatoms. The number of H-pyrrole nitrogens is 1. The molecule has 0 radical (unpaired) electrons. The average molecular weight is 182 g/mol. The number of nitrogens with one attached hydrogen (secondary N) is 2. The quantitative estimate of drug-likeness (QED) is 0.549. The van der Waals surface area contributed by atoms with Crippen LogP contribution in [-0.4, -0.2) is 29.8 Å². The third-order valence-electron chi connectivity index (χ3n) is 2.00. The van der Waals surface area contributed by atoms with Crippen LogP contribution in [-0.2, 0) is 6.42 Å². The lowest BCUT2D eigenvalue weighted by Gasteiger charge is -2.02. The van der Waals surface area contributed by atoms with E-state index < -0.39 is 0 Å². The van der Waals surface area contributed by atoms with Gasteiger partial charge in [-0.2, -0.15) is 0 Å². The smallest absolute Gasteiger partial charge is 0.0431 e. The molecule has 74 valence electrons. The second-order valence-electron chi connectivity index (χ2n) is 3.13. The van der Waals surface area contributed by atoms with Crippen molar-refractivity contribution in [3.05, 3.63) is 24.0 Å². The van der Waals surface area contributed by atoms with Crippen LogP contribution < -0.4 is 5.32 Å². The topological polar surface area (TPSA) is 48.0 Å². The first-order valence-corrected chi connectivity index (χ1v) is 4.87. The van der Waals surface area contributed by atoms with Crippen LogP contribution >= 0.6 is 0 Å². The lowest BCUT2D eigenvalue weighted by atomic mass is 10.3. The molecule has 1 heterocycles. The molecule has 1 rings (SSSR count). The van der Waals surface area contributed by atoms with Crippen molar-refractivity contribution in [2.45, 2.75) is 19.3 Å². The number of aliphatic hydroxyl groups excluding tert-OH is 1. The molecular formula is C10H18N2O. The molecule has 0 aliphatic carbocycles. The highest BCUT2D eigenvalue weighted by atomic mass is 16.2. The van der Waals surface area contributed by atoms with Crippen molar-refractivity contribution in [2.75, 3.05) is 19.7 Å². The number of hydrogen-bond donors (Lipinski definition) is 3. The summed E-state index contributed by atoms with van der Waals surface area (Å²) in [6.45, 7) is 2.31. The van der Waals surface area contributed by atoms with Crippen LogP contribution in [0.4, 0.5) is 0 Å². The van der Waals surface area contributed by atoms with E-state index in [4.69, 9.17) is 5.11 Å². The van der Waals surface area contributed by atoms with Gasteiger partial charge in [-0.25, -0.2) is 0 Å². The van der Waals surface area contributed by atoms with Crippen LogP contribution in [0.15, 0.2) is 18.3 Å². The van der Waals surface area contributed by atoms with Crippen LogP contribution in [0.3, 0.4) is 0 Å². The predicted molar refractivity (Wildman–Crippen MR) is 53.7 cm³/mol. The van der Waals surface area contributed by atoms with E-state index in [1.54, 1.807) is 0 Å². The van der Waals surface area contributed by atoms with Crippen molar-refractivity contribution >= 4 is 0 Å². The first-order chi connectivity index (χ1) is 6.43. The number of aromatic amines is 1. The van der Waals surface area contributed by atoms with Gasteiger partial charge in [0.05, 0.1) is 0 Å². The Labute approximate surface area is 79.2 Å². The van der Waals surface area contributed by atoms with Gasteiger partial charge in [0.15, 0.2) is 0 Å². The van der Waals surface area contributed by atoms with Crippen molar-refractivity contribution in [2.24, 2.45) is 0 Å². The van der Waals surface area contributed by atoms with E-state index in [0.29, 0.717) is 6.61 Å². The van der Waals surface area contributed by atoms with Crippen LogP contribution in [0.25, 0.3) is 0 Å². The first-order valence-electron chi connectivity index (χ1n) is 4.87. The number of unbranched alkanes of at least 4 members (excludes halogenated alkanes) is 1. The highest BCUT2D eigenvalue weighted by molar-refractivity contribution is 5.03. The summed E-state index contributed by atoms with van der Waals surface area (Å²) in [5, 5.41) is 11.9. The minimum Gasteiger partial charge on any atom is -0.396 e. The summed E-state index contributed by atoms with van der Waals surface area (Å²) in [4.78, 5) is 3.16. The molecule has 0 bridgehead atoms. The van der Waals surface area contributed by atoms with Crippen molar-refractivity contribution in [1.29, 1.82) is 0 Å². The molecule has 0 aliphatic heterocycles. The Kier molecular flexibility index (Phi) is 5.29. The van der Waals surface area contributed by atoms with Crippen LogP contribution in [0, 0.1) is 0 Å². The van der Waals surface area contributed by atoms with Crippen LogP contribution in [0.5, 0.6) is 0 Å². The molecule has 0 atom stereocenters. The molecule has 0 saturated carbocycles. The summed E-state index contributed by atoms with van der Waals surface area (Å²) in [5.41, 5.74) is 1.27. The highest BCUT2D eigenvalue weighted by Crippen LogP contribution is 1.94. The Balaban J connectivity index is 1.90. The van der Waals surface area contributed by atoms with E-state index in [9.17, 15) is 0 Å². The van der Waals surface area contributed by atoms with Gasteiger partial charge in [-0.15, -0.1) is 0 Å². The second-order valence-corrected chi connectivity index (χ2v) is 3.13. The summed E-state index contributed by atoms with van der Waals surface area (Å²) in [6, 6.07) is 4.11. The zero-order chi connectivity index (χ0) is 9.36. The number of aliphatic hydroxyl groups is 1. The maximum atomic E-state index is 8.54. The first kappa shape index (κ1) is 10.3. The Bertz CT molecular complexity index is 197.